The second kappa shape index (κ2) is 6.57. The normalized spacial score (nSPS) is 17.6. The van der Waals surface area contributed by atoms with E-state index in [9.17, 15) is 0 Å². The van der Waals surface area contributed by atoms with E-state index < -0.39 is 0 Å². The van der Waals surface area contributed by atoms with Crippen LogP contribution in [0.5, 0.6) is 0 Å². The van der Waals surface area contributed by atoms with Gasteiger partial charge in [0.15, 0.2) is 0 Å². The molecule has 108 valence electrons. The molecule has 0 aliphatic carbocycles. The minimum atomic E-state index is 0.461. The maximum atomic E-state index is 4.82. The molecule has 0 bridgehead atoms. The number of aliphatic imine (C=N–C) groups is 1. The molecule has 3 rings (SSSR count). The summed E-state index contributed by atoms with van der Waals surface area (Å²) >= 11 is 0. The fourth-order valence-electron chi connectivity index (χ4n) is 2.83. The summed E-state index contributed by atoms with van der Waals surface area (Å²) in [5, 5.41) is 0. The van der Waals surface area contributed by atoms with Crippen LogP contribution in [0.4, 0.5) is 5.69 Å². The van der Waals surface area contributed by atoms with Gasteiger partial charge in [0.05, 0.1) is 0 Å². The summed E-state index contributed by atoms with van der Waals surface area (Å²) in [6.07, 6.45) is 3.30. The van der Waals surface area contributed by atoms with E-state index in [-0.39, 0.29) is 0 Å². The molecule has 2 heteroatoms. The number of nitrogens with zero attached hydrogens (tertiary/aromatic N) is 2. The Morgan fingerprint density at radius 2 is 1.67 bits per heavy atom. The van der Waals surface area contributed by atoms with E-state index in [2.05, 4.69) is 72.5 Å². The van der Waals surface area contributed by atoms with Gasteiger partial charge in [-0.1, -0.05) is 48.5 Å². The molecule has 1 atom stereocenters. The molecule has 21 heavy (non-hydrogen) atoms. The van der Waals surface area contributed by atoms with E-state index >= 15 is 0 Å². The zero-order valence-corrected chi connectivity index (χ0v) is 12.6. The molecule has 1 aliphatic rings. The summed E-state index contributed by atoms with van der Waals surface area (Å²) in [4.78, 5) is 7.21. The van der Waals surface area contributed by atoms with E-state index in [1.54, 1.807) is 0 Å². The van der Waals surface area contributed by atoms with E-state index in [4.69, 9.17) is 4.99 Å². The molecule has 2 nitrogen and oxygen atoms in total. The topological polar surface area (TPSA) is 15.6 Å². The fraction of sp³-hybridized carbons (Fsp3) is 0.316. The fourth-order valence-corrected chi connectivity index (χ4v) is 2.83. The average molecular weight is 278 g/mol. The lowest BCUT2D eigenvalue weighted by molar-refractivity contribution is 0.738. The first kappa shape index (κ1) is 13.9. The Hall–Kier alpha value is -2.09. The van der Waals surface area contributed by atoms with Crippen LogP contribution in [0.2, 0.25) is 0 Å². The molecule has 0 spiro atoms. The van der Waals surface area contributed by atoms with E-state index in [0.29, 0.717) is 6.04 Å². The molecular weight excluding hydrogens is 256 g/mol. The van der Waals surface area contributed by atoms with Crippen LogP contribution in [0.1, 0.15) is 25.3 Å². The van der Waals surface area contributed by atoms with Gasteiger partial charge < -0.3 is 4.90 Å². The minimum Gasteiger partial charge on any atom is -0.330 e. The van der Waals surface area contributed by atoms with Crippen LogP contribution >= 0.6 is 0 Å². The number of benzene rings is 2. The number of para-hydroxylation sites is 1. The molecule has 1 unspecified atom stereocenters. The molecule has 0 aromatic heterocycles. The van der Waals surface area contributed by atoms with Crippen LogP contribution < -0.4 is 4.90 Å². The monoisotopic (exact) mass is 278 g/mol. The Bertz CT molecular complexity index is 589. The average Bonchev–Trinajstić information content (AvgIpc) is 2.96. The number of amidine groups is 1. The summed E-state index contributed by atoms with van der Waals surface area (Å²) < 4.78 is 0. The molecular formula is C19H22N2. The Balaban J connectivity index is 1.78. The van der Waals surface area contributed by atoms with Crippen molar-refractivity contribution in [3.63, 3.8) is 0 Å². The Morgan fingerprint density at radius 3 is 2.29 bits per heavy atom. The number of hydrogen-bond acceptors (Lipinski definition) is 2. The highest BCUT2D eigenvalue weighted by molar-refractivity contribution is 5.98. The predicted molar refractivity (Wildman–Crippen MR) is 90.1 cm³/mol. The van der Waals surface area contributed by atoms with Crippen LogP contribution in [0.3, 0.4) is 0 Å². The largest absolute Gasteiger partial charge is 0.330 e. The molecule has 0 N–H and O–H groups in total. The predicted octanol–water partition coefficient (Wildman–Crippen LogP) is 4.32. The lowest BCUT2D eigenvalue weighted by Crippen LogP contribution is -2.31. The maximum Gasteiger partial charge on any atom is 0.104 e. The molecule has 2 aromatic rings. The Morgan fingerprint density at radius 1 is 1.00 bits per heavy atom. The van der Waals surface area contributed by atoms with Crippen LogP contribution in [0.25, 0.3) is 0 Å². The first-order valence-corrected chi connectivity index (χ1v) is 7.76. The van der Waals surface area contributed by atoms with Crippen LogP contribution in [-0.4, -0.2) is 18.4 Å². The molecule has 0 fully saturated rings. The van der Waals surface area contributed by atoms with Crippen molar-refractivity contribution in [2.45, 2.75) is 32.2 Å². The van der Waals surface area contributed by atoms with Crippen molar-refractivity contribution < 1.29 is 0 Å². The molecule has 1 heterocycles. The zero-order valence-electron chi connectivity index (χ0n) is 12.6. The molecule has 2 aromatic carbocycles. The van der Waals surface area contributed by atoms with Gasteiger partial charge in [-0.05, 0) is 37.5 Å². The third kappa shape index (κ3) is 3.52. The van der Waals surface area contributed by atoms with Crippen molar-refractivity contribution in [3.05, 3.63) is 66.2 Å². The van der Waals surface area contributed by atoms with Gasteiger partial charge in [0.25, 0.3) is 0 Å². The van der Waals surface area contributed by atoms with Gasteiger partial charge in [0.2, 0.25) is 0 Å². The van der Waals surface area contributed by atoms with Crippen molar-refractivity contribution in [1.82, 2.24) is 0 Å². The van der Waals surface area contributed by atoms with Crippen molar-refractivity contribution in [2.24, 2.45) is 4.99 Å². The van der Waals surface area contributed by atoms with Gasteiger partial charge in [-0.2, -0.15) is 0 Å². The van der Waals surface area contributed by atoms with Gasteiger partial charge in [-0.25, -0.2) is 0 Å². The molecule has 0 saturated heterocycles. The molecule has 0 saturated carbocycles. The summed E-state index contributed by atoms with van der Waals surface area (Å²) in [6.45, 7) is 3.19. The lowest BCUT2D eigenvalue weighted by Gasteiger charge is -2.25. The lowest BCUT2D eigenvalue weighted by atomic mass is 10.1. The van der Waals surface area contributed by atoms with Crippen LogP contribution in [-0.2, 0) is 6.42 Å². The molecule has 0 radical (unpaired) electrons. The number of rotatable bonds is 4. The summed E-state index contributed by atoms with van der Waals surface area (Å²) in [7, 11) is 0. The van der Waals surface area contributed by atoms with Crippen LogP contribution in [0.15, 0.2) is 65.7 Å². The van der Waals surface area contributed by atoms with Crippen molar-refractivity contribution in [1.29, 1.82) is 0 Å². The van der Waals surface area contributed by atoms with Crippen molar-refractivity contribution >= 4 is 11.5 Å². The first-order chi connectivity index (χ1) is 10.3. The molecule has 0 amide bonds. The molecule has 1 aliphatic heterocycles. The second-order valence-corrected chi connectivity index (χ2v) is 5.66. The summed E-state index contributed by atoms with van der Waals surface area (Å²) in [5.74, 6) is 1.24. The first-order valence-electron chi connectivity index (χ1n) is 7.76. The highest BCUT2D eigenvalue weighted by Gasteiger charge is 2.20. The Labute approximate surface area is 127 Å². The van der Waals surface area contributed by atoms with Gasteiger partial charge in [-0.3, -0.25) is 4.99 Å². The summed E-state index contributed by atoms with van der Waals surface area (Å²) in [6, 6.07) is 21.8. The quantitative estimate of drug-likeness (QED) is 0.813. The van der Waals surface area contributed by atoms with E-state index in [1.165, 1.54) is 23.5 Å². The van der Waals surface area contributed by atoms with Crippen molar-refractivity contribution in [3.8, 4) is 0 Å². The van der Waals surface area contributed by atoms with E-state index in [0.717, 1.165) is 19.4 Å². The van der Waals surface area contributed by atoms with Crippen molar-refractivity contribution in [2.75, 3.05) is 11.4 Å². The van der Waals surface area contributed by atoms with Gasteiger partial charge in [0.1, 0.15) is 5.84 Å². The number of anilines is 1. The third-order valence-electron chi connectivity index (χ3n) is 4.00. The van der Waals surface area contributed by atoms with Gasteiger partial charge in [0, 0.05) is 24.7 Å². The number of hydrogen-bond donors (Lipinski definition) is 0. The highest BCUT2D eigenvalue weighted by atomic mass is 15.2. The smallest absolute Gasteiger partial charge is 0.104 e. The minimum absolute atomic E-state index is 0.461. The van der Waals surface area contributed by atoms with E-state index in [1.807, 2.05) is 0 Å². The van der Waals surface area contributed by atoms with Gasteiger partial charge >= 0.3 is 0 Å². The maximum absolute atomic E-state index is 4.82. The third-order valence-corrected chi connectivity index (χ3v) is 4.00. The van der Waals surface area contributed by atoms with Gasteiger partial charge in [-0.15, -0.1) is 0 Å². The SMILES string of the molecule is CC1CCC(N(CCc2ccccc2)c2ccccc2)=N1. The zero-order chi connectivity index (χ0) is 14.5. The highest BCUT2D eigenvalue weighted by Crippen LogP contribution is 2.22. The standard InChI is InChI=1S/C19H22N2/c1-16-12-13-19(20-16)21(18-10-6-3-7-11-18)15-14-17-8-4-2-5-9-17/h2-11,16H,12-15H2,1H3. The second-order valence-electron chi connectivity index (χ2n) is 5.66. The van der Waals surface area contributed by atoms with Crippen LogP contribution in [0, 0.1) is 0 Å². The Kier molecular flexibility index (Phi) is 4.34. The summed E-state index contributed by atoms with van der Waals surface area (Å²) in [5.41, 5.74) is 2.63.